The van der Waals surface area contributed by atoms with E-state index in [2.05, 4.69) is 4.98 Å². The topological polar surface area (TPSA) is 165 Å². The molecule has 1 atom stereocenters. The van der Waals surface area contributed by atoms with E-state index in [1.165, 1.54) is 19.0 Å². The van der Waals surface area contributed by atoms with Crippen LogP contribution in [0.2, 0.25) is 0 Å². The van der Waals surface area contributed by atoms with Gasteiger partial charge in [-0.1, -0.05) is 24.3 Å². The van der Waals surface area contributed by atoms with Crippen LogP contribution in [-0.4, -0.2) is 34.4 Å². The highest BCUT2D eigenvalue weighted by Crippen LogP contribution is 2.54. The number of aromatic nitrogens is 1. The molecule has 0 saturated carbocycles. The molecule has 0 bridgehead atoms. The van der Waals surface area contributed by atoms with Gasteiger partial charge in [0.05, 0.1) is 31.9 Å². The number of H-pyrrole nitrogens is 1. The standard InChI is InChI=1S/C31H24N2O8/c1-4-5-6-7-15-11-14-10-13-8-9-31(23(13)27(38)18(14)30(41)32-15)28(39)21-22(29(31)40)26(37)20-19(25(21)36)17(34)12-16(24(20)35)33(2)3/h4-7,10-12,38-40H,8-9H2,1-3H3,(H,32,41)/t31-/m0/s1. The summed E-state index contributed by atoms with van der Waals surface area (Å²) in [6.07, 6.45) is 7.20. The van der Waals surface area contributed by atoms with Crippen molar-refractivity contribution in [3.63, 3.8) is 0 Å². The summed E-state index contributed by atoms with van der Waals surface area (Å²) >= 11 is 0. The molecule has 0 unspecified atom stereocenters. The second kappa shape index (κ2) is 8.62. The minimum atomic E-state index is -1.92. The van der Waals surface area contributed by atoms with Gasteiger partial charge in [-0.15, -0.1) is 0 Å². The van der Waals surface area contributed by atoms with Gasteiger partial charge in [-0.05, 0) is 42.9 Å². The van der Waals surface area contributed by atoms with Gasteiger partial charge >= 0.3 is 0 Å². The number of aliphatic hydroxyl groups is 2. The zero-order chi connectivity index (χ0) is 29.5. The predicted molar refractivity (Wildman–Crippen MR) is 155 cm³/mol. The first-order valence-corrected chi connectivity index (χ1v) is 12.9. The van der Waals surface area contributed by atoms with E-state index in [1.807, 2.05) is 13.0 Å². The molecule has 1 aromatic heterocycles. The van der Waals surface area contributed by atoms with E-state index in [0.717, 1.165) is 6.07 Å². The number of rotatable bonds is 3. The van der Waals surface area contributed by atoms with E-state index in [1.54, 1.807) is 30.4 Å². The van der Waals surface area contributed by atoms with Gasteiger partial charge in [-0.3, -0.25) is 24.0 Å². The molecule has 0 fully saturated rings. The summed E-state index contributed by atoms with van der Waals surface area (Å²) in [4.78, 5) is 70.5. The van der Waals surface area contributed by atoms with Crippen LogP contribution in [0.25, 0.3) is 28.4 Å². The van der Waals surface area contributed by atoms with Crippen molar-refractivity contribution in [3.8, 4) is 5.75 Å². The number of pyridine rings is 1. The molecule has 0 aliphatic heterocycles. The predicted octanol–water partition coefficient (Wildman–Crippen LogP) is 0.160. The van der Waals surface area contributed by atoms with Crippen LogP contribution in [0.15, 0.2) is 60.4 Å². The van der Waals surface area contributed by atoms with Gasteiger partial charge < -0.3 is 25.2 Å². The molecule has 1 heterocycles. The molecule has 10 heteroatoms. The van der Waals surface area contributed by atoms with Crippen molar-refractivity contribution in [3.05, 3.63) is 125 Å². The van der Waals surface area contributed by atoms with Crippen LogP contribution in [0.1, 0.15) is 30.2 Å². The van der Waals surface area contributed by atoms with Crippen molar-refractivity contribution in [2.75, 3.05) is 19.0 Å². The summed E-state index contributed by atoms with van der Waals surface area (Å²) in [5, 5.41) is 32.4. The summed E-state index contributed by atoms with van der Waals surface area (Å²) in [7, 11) is 3.00. The van der Waals surface area contributed by atoms with Crippen LogP contribution in [-0.2, 0) is 11.8 Å². The molecule has 2 aromatic rings. The monoisotopic (exact) mass is 552 g/mol. The fraction of sp³-hybridized carbons (Fsp3) is 0.194. The lowest BCUT2D eigenvalue weighted by Crippen LogP contribution is -2.52. The summed E-state index contributed by atoms with van der Waals surface area (Å²) in [5.74, 6) is -1.94. The van der Waals surface area contributed by atoms with Gasteiger partial charge in [0.1, 0.15) is 22.7 Å². The van der Waals surface area contributed by atoms with Gasteiger partial charge in [-0.2, -0.15) is 0 Å². The maximum absolute atomic E-state index is 13.7. The molecule has 1 spiro atoms. The summed E-state index contributed by atoms with van der Waals surface area (Å²) in [6, 6.07) is 4.29. The summed E-state index contributed by atoms with van der Waals surface area (Å²) in [5.41, 5.74) is -5.53. The first-order chi connectivity index (χ1) is 19.4. The Morgan fingerprint density at radius 3 is 2.15 bits per heavy atom. The van der Waals surface area contributed by atoms with Crippen LogP contribution in [0.5, 0.6) is 5.75 Å². The minimum absolute atomic E-state index is 0.0135. The van der Waals surface area contributed by atoms with Crippen LogP contribution >= 0.6 is 0 Å². The molecule has 6 rings (SSSR count). The van der Waals surface area contributed by atoms with E-state index in [-0.39, 0.29) is 29.5 Å². The number of benzene rings is 1. The maximum atomic E-state index is 13.7. The second-order valence-corrected chi connectivity index (χ2v) is 10.5. The highest BCUT2D eigenvalue weighted by molar-refractivity contribution is 5.94. The van der Waals surface area contributed by atoms with E-state index < -0.39 is 70.8 Å². The van der Waals surface area contributed by atoms with Crippen molar-refractivity contribution < 1.29 is 15.3 Å². The summed E-state index contributed by atoms with van der Waals surface area (Å²) < 4.78 is 0. The molecular weight excluding hydrogens is 528 g/mol. The average molecular weight is 553 g/mol. The number of aryl methyl sites for hydroxylation is 1. The zero-order valence-electron chi connectivity index (χ0n) is 22.3. The van der Waals surface area contributed by atoms with Crippen LogP contribution in [0, 0.1) is 10.4 Å². The molecule has 41 heavy (non-hydrogen) atoms. The zero-order valence-corrected chi connectivity index (χ0v) is 22.3. The van der Waals surface area contributed by atoms with E-state index in [4.69, 9.17) is 0 Å². The molecule has 0 saturated heterocycles. The van der Waals surface area contributed by atoms with Gasteiger partial charge in [0.15, 0.2) is 5.43 Å². The number of aromatic hydroxyl groups is 1. The largest absolute Gasteiger partial charge is 0.510 e. The SMILES string of the molecule is CC=CC=Cc1cc2cc3c(c(O)c2c(=O)[nH]1)[C@@]1(CC3)C(O)=c2c(=O)c3c(=O)cc(N(C)C)c(=O)c=3c(=O)c2=C1O. The van der Waals surface area contributed by atoms with E-state index in [9.17, 15) is 39.3 Å². The Labute approximate surface area is 229 Å². The van der Waals surface area contributed by atoms with Crippen LogP contribution in [0.3, 0.4) is 0 Å². The van der Waals surface area contributed by atoms with Crippen molar-refractivity contribution in [2.24, 2.45) is 0 Å². The average Bonchev–Trinajstić information content (AvgIpc) is 3.40. The number of nitrogens with zero attached hydrogens (tertiary/aromatic N) is 1. The second-order valence-electron chi connectivity index (χ2n) is 10.5. The van der Waals surface area contributed by atoms with Gasteiger partial charge in [0.25, 0.3) is 5.56 Å². The van der Waals surface area contributed by atoms with Crippen molar-refractivity contribution in [1.29, 1.82) is 0 Å². The molecule has 10 nitrogen and oxygen atoms in total. The van der Waals surface area contributed by atoms with Crippen molar-refractivity contribution >= 4 is 34.1 Å². The first kappa shape index (κ1) is 26.0. The third-order valence-electron chi connectivity index (χ3n) is 8.13. The van der Waals surface area contributed by atoms with Gasteiger partial charge in [0.2, 0.25) is 16.3 Å². The smallest absolute Gasteiger partial charge is 0.260 e. The van der Waals surface area contributed by atoms with E-state index in [0.29, 0.717) is 16.6 Å². The molecule has 4 aliphatic carbocycles. The van der Waals surface area contributed by atoms with Crippen LogP contribution < -0.4 is 42.6 Å². The number of allylic oxidation sites excluding steroid dienone is 3. The van der Waals surface area contributed by atoms with Crippen LogP contribution in [0.4, 0.5) is 5.69 Å². The van der Waals surface area contributed by atoms with E-state index >= 15 is 0 Å². The van der Waals surface area contributed by atoms with Crippen molar-refractivity contribution in [2.45, 2.75) is 25.2 Å². The first-order valence-electron chi connectivity index (χ1n) is 12.9. The molecule has 206 valence electrons. The lowest BCUT2D eigenvalue weighted by molar-refractivity contribution is 0.362. The number of hydrogen-bond donors (Lipinski definition) is 4. The maximum Gasteiger partial charge on any atom is 0.260 e. The highest BCUT2D eigenvalue weighted by Gasteiger charge is 2.53. The number of phenolic OH excluding ortho intramolecular Hbond substituents is 1. The number of anilines is 1. The molecule has 0 amide bonds. The molecule has 0 radical (unpaired) electrons. The fourth-order valence-corrected chi connectivity index (χ4v) is 6.32. The fourth-order valence-electron chi connectivity index (χ4n) is 6.32. The number of phenols is 1. The number of fused-ring (bicyclic) bond motifs is 4. The number of aromatic amines is 1. The Hall–Kier alpha value is -5.25. The minimum Gasteiger partial charge on any atom is -0.510 e. The highest BCUT2D eigenvalue weighted by atomic mass is 16.3. The number of hydrogen-bond acceptors (Lipinski definition) is 9. The number of aliphatic hydroxyl groups excluding tert-OH is 2. The quantitative estimate of drug-likeness (QED) is 0.259. The Balaban J connectivity index is 1.74. The van der Waals surface area contributed by atoms with Gasteiger partial charge in [0, 0.05) is 31.4 Å². The third-order valence-corrected chi connectivity index (χ3v) is 8.13. The molecule has 4 N–H and O–H groups in total. The Bertz CT molecular complexity index is 2390. The Morgan fingerprint density at radius 2 is 1.51 bits per heavy atom. The Kier molecular flexibility index (Phi) is 5.47. The normalized spacial score (nSPS) is 18.0. The summed E-state index contributed by atoms with van der Waals surface area (Å²) in [6.45, 7) is 1.85. The lowest BCUT2D eigenvalue weighted by atomic mass is 9.78. The molecular formula is C31H24N2O8. The molecule has 4 aliphatic rings. The van der Waals surface area contributed by atoms with Gasteiger partial charge in [-0.25, -0.2) is 0 Å². The third kappa shape index (κ3) is 3.21. The van der Waals surface area contributed by atoms with Crippen molar-refractivity contribution in [1.82, 2.24) is 4.98 Å². The number of nitrogens with one attached hydrogen (secondary N) is 1. The Morgan fingerprint density at radius 1 is 0.854 bits per heavy atom. The molecule has 1 aromatic carbocycles. The lowest BCUT2D eigenvalue weighted by Gasteiger charge is -2.27.